The molecule has 4 aromatic carbocycles. The van der Waals surface area contributed by atoms with Crippen molar-refractivity contribution in [2.24, 2.45) is 9.98 Å². The van der Waals surface area contributed by atoms with Gasteiger partial charge < -0.3 is 18.9 Å². The summed E-state index contributed by atoms with van der Waals surface area (Å²) in [4.78, 5) is 39.3. The van der Waals surface area contributed by atoms with Gasteiger partial charge in [-0.05, 0) is 133 Å². The number of pyridine rings is 1. The highest BCUT2D eigenvalue weighted by molar-refractivity contribution is 5.91. The Morgan fingerprint density at radius 2 is 0.765 bits per heavy atom. The van der Waals surface area contributed by atoms with Crippen molar-refractivity contribution < 1.29 is 28.5 Å². The SMILES string of the molecule is CCCCCCCCCCCCOc1ccc(C=Nc2ccc(C(=O)OCc3cccc(COC(=O)c4ccc(N=Cc5ccc(OCCCCCCCCCCCC)cc5)cc4)n3)cc2)cc1. The fourth-order valence-electron chi connectivity index (χ4n) is 7.66. The number of nitrogens with zero attached hydrogens (tertiary/aromatic N) is 3. The quantitative estimate of drug-likeness (QED) is 0.0230. The summed E-state index contributed by atoms with van der Waals surface area (Å²) < 4.78 is 23.0. The van der Waals surface area contributed by atoms with Crippen molar-refractivity contribution in [3.8, 4) is 11.5 Å². The average Bonchev–Trinajstić information content (AvgIpc) is 3.38. The molecule has 0 spiro atoms. The minimum Gasteiger partial charge on any atom is -0.494 e. The molecule has 0 bridgehead atoms. The highest BCUT2D eigenvalue weighted by Crippen LogP contribution is 2.20. The van der Waals surface area contributed by atoms with E-state index in [0.717, 1.165) is 48.7 Å². The molecule has 0 saturated heterocycles. The molecule has 0 radical (unpaired) electrons. The predicted octanol–water partition coefficient (Wildman–Crippen LogP) is 15.9. The number of aliphatic imine (C=N–C) groups is 2. The van der Waals surface area contributed by atoms with Gasteiger partial charge in [0.2, 0.25) is 0 Å². The third-order valence-electron chi connectivity index (χ3n) is 11.8. The molecule has 362 valence electrons. The molecule has 1 heterocycles. The second kappa shape index (κ2) is 32.6. The summed E-state index contributed by atoms with van der Waals surface area (Å²) >= 11 is 0. The first-order valence-electron chi connectivity index (χ1n) is 25.5. The van der Waals surface area contributed by atoms with Crippen LogP contribution in [0.15, 0.2) is 125 Å². The number of hydrogen-bond acceptors (Lipinski definition) is 9. The van der Waals surface area contributed by atoms with Crippen LogP contribution in [0.5, 0.6) is 11.5 Å². The first-order chi connectivity index (χ1) is 33.5. The number of benzene rings is 4. The zero-order chi connectivity index (χ0) is 47.7. The molecule has 0 amide bonds. The molecule has 5 rings (SSSR count). The molecule has 0 fully saturated rings. The monoisotopic (exact) mass is 922 g/mol. The van der Waals surface area contributed by atoms with E-state index in [2.05, 4.69) is 28.8 Å². The Hall–Kier alpha value is -6.09. The van der Waals surface area contributed by atoms with Gasteiger partial charge in [0.15, 0.2) is 0 Å². The van der Waals surface area contributed by atoms with Crippen LogP contribution >= 0.6 is 0 Å². The Kier molecular flexibility index (Phi) is 25.3. The molecule has 0 atom stereocenters. The normalized spacial score (nSPS) is 11.3. The van der Waals surface area contributed by atoms with E-state index in [1.54, 1.807) is 79.2 Å². The lowest BCUT2D eigenvalue weighted by molar-refractivity contribution is 0.0463. The minimum absolute atomic E-state index is 0.0289. The molecule has 0 unspecified atom stereocenters. The number of ether oxygens (including phenoxy) is 4. The third-order valence-corrected chi connectivity index (χ3v) is 11.8. The van der Waals surface area contributed by atoms with Gasteiger partial charge >= 0.3 is 11.9 Å². The highest BCUT2D eigenvalue weighted by Gasteiger charge is 2.11. The van der Waals surface area contributed by atoms with Gasteiger partial charge in [-0.1, -0.05) is 135 Å². The zero-order valence-corrected chi connectivity index (χ0v) is 40.9. The summed E-state index contributed by atoms with van der Waals surface area (Å²) in [6.07, 6.45) is 29.7. The van der Waals surface area contributed by atoms with E-state index in [1.807, 2.05) is 48.5 Å². The predicted molar refractivity (Wildman–Crippen MR) is 277 cm³/mol. The summed E-state index contributed by atoms with van der Waals surface area (Å²) in [5, 5.41) is 0. The smallest absolute Gasteiger partial charge is 0.338 e. The van der Waals surface area contributed by atoms with Crippen molar-refractivity contribution in [3.63, 3.8) is 0 Å². The standard InChI is InChI=1S/C59H75N3O6/c1-3-5-7-9-11-13-15-17-19-21-42-65-56-38-26-48(27-39-56)44-60-52-34-30-50(31-35-52)58(63)67-46-54-24-23-25-55(62-54)47-68-59(64)51-32-36-53(37-33-51)61-45-49-28-40-57(41-29-49)66-43-22-20-18-16-14-12-10-8-6-4-2/h23-41,44-45H,3-22,42-43,46-47H2,1-2H3. The van der Waals surface area contributed by atoms with Crippen LogP contribution in [0.25, 0.3) is 0 Å². The van der Waals surface area contributed by atoms with Crippen molar-refractivity contribution in [3.05, 3.63) is 149 Å². The van der Waals surface area contributed by atoms with E-state index < -0.39 is 11.9 Å². The first-order valence-corrected chi connectivity index (χ1v) is 25.5. The van der Waals surface area contributed by atoms with Gasteiger partial charge in [-0.2, -0.15) is 0 Å². The van der Waals surface area contributed by atoms with E-state index in [9.17, 15) is 9.59 Å². The van der Waals surface area contributed by atoms with E-state index in [-0.39, 0.29) is 13.2 Å². The largest absolute Gasteiger partial charge is 0.494 e. The second-order valence-corrected chi connectivity index (χ2v) is 17.6. The van der Waals surface area contributed by atoms with Gasteiger partial charge in [0, 0.05) is 12.4 Å². The Labute approximate surface area is 406 Å². The molecule has 5 aromatic rings. The van der Waals surface area contributed by atoms with Gasteiger partial charge in [0.05, 0.1) is 47.1 Å². The topological polar surface area (TPSA) is 109 Å². The molecule has 1 aromatic heterocycles. The van der Waals surface area contributed by atoms with E-state index in [0.29, 0.717) is 33.9 Å². The zero-order valence-electron chi connectivity index (χ0n) is 40.9. The number of hydrogen-bond donors (Lipinski definition) is 0. The van der Waals surface area contributed by atoms with Crippen LogP contribution in [0.2, 0.25) is 0 Å². The maximum atomic E-state index is 12.8. The van der Waals surface area contributed by atoms with Crippen LogP contribution < -0.4 is 9.47 Å². The van der Waals surface area contributed by atoms with Crippen LogP contribution in [0, 0.1) is 0 Å². The van der Waals surface area contributed by atoms with Crippen LogP contribution in [0.1, 0.15) is 185 Å². The molecular weight excluding hydrogens is 847 g/mol. The molecule has 0 aliphatic carbocycles. The fourth-order valence-corrected chi connectivity index (χ4v) is 7.66. The lowest BCUT2D eigenvalue weighted by Gasteiger charge is -2.08. The lowest BCUT2D eigenvalue weighted by Crippen LogP contribution is -2.08. The molecule has 0 saturated carbocycles. The highest BCUT2D eigenvalue weighted by atomic mass is 16.5. The minimum atomic E-state index is -0.474. The van der Waals surface area contributed by atoms with E-state index in [1.165, 1.54) is 116 Å². The van der Waals surface area contributed by atoms with Crippen LogP contribution in [-0.4, -0.2) is 42.6 Å². The number of unbranched alkanes of at least 4 members (excludes halogenated alkanes) is 18. The molecule has 68 heavy (non-hydrogen) atoms. The van der Waals surface area contributed by atoms with Gasteiger partial charge in [-0.15, -0.1) is 0 Å². The van der Waals surface area contributed by atoms with Crippen molar-refractivity contribution in [2.75, 3.05) is 13.2 Å². The van der Waals surface area contributed by atoms with Crippen LogP contribution in [0.4, 0.5) is 11.4 Å². The Morgan fingerprint density at radius 3 is 1.12 bits per heavy atom. The molecule has 9 heteroatoms. The molecule has 0 N–H and O–H groups in total. The number of carbonyl (C=O) groups excluding carboxylic acids is 2. The first kappa shape index (κ1) is 52.9. The number of aromatic nitrogens is 1. The summed E-state index contributed by atoms with van der Waals surface area (Å²) in [5.74, 6) is 0.782. The van der Waals surface area contributed by atoms with Crippen molar-refractivity contribution in [1.82, 2.24) is 4.98 Å². The second-order valence-electron chi connectivity index (χ2n) is 17.6. The van der Waals surface area contributed by atoms with Crippen molar-refractivity contribution in [2.45, 2.75) is 155 Å². The third kappa shape index (κ3) is 21.7. The average molecular weight is 922 g/mol. The van der Waals surface area contributed by atoms with Crippen molar-refractivity contribution >= 4 is 35.7 Å². The maximum Gasteiger partial charge on any atom is 0.338 e. The van der Waals surface area contributed by atoms with E-state index in [4.69, 9.17) is 18.9 Å². The fraction of sp³-hybridized carbons (Fsp3) is 0.441. The maximum absolute atomic E-state index is 12.8. The molecule has 0 aliphatic rings. The van der Waals surface area contributed by atoms with Crippen LogP contribution in [-0.2, 0) is 22.7 Å². The number of rotatable bonds is 34. The van der Waals surface area contributed by atoms with Gasteiger partial charge in [-0.25, -0.2) is 9.59 Å². The van der Waals surface area contributed by atoms with Gasteiger partial charge in [0.25, 0.3) is 0 Å². The summed E-state index contributed by atoms with van der Waals surface area (Å²) in [7, 11) is 0. The Bertz CT molecular complexity index is 2050. The van der Waals surface area contributed by atoms with Gasteiger partial charge in [-0.3, -0.25) is 15.0 Å². The van der Waals surface area contributed by atoms with Crippen LogP contribution in [0.3, 0.4) is 0 Å². The molecule has 0 aliphatic heterocycles. The summed E-state index contributed by atoms with van der Waals surface area (Å²) in [6, 6.07) is 35.0. The summed E-state index contributed by atoms with van der Waals surface area (Å²) in [5.41, 5.74) is 5.24. The number of esters is 2. The number of carbonyl (C=O) groups is 2. The molecule has 9 nitrogen and oxygen atoms in total. The van der Waals surface area contributed by atoms with E-state index >= 15 is 0 Å². The van der Waals surface area contributed by atoms with Gasteiger partial charge in [0.1, 0.15) is 24.7 Å². The Morgan fingerprint density at radius 1 is 0.426 bits per heavy atom. The summed E-state index contributed by atoms with van der Waals surface area (Å²) in [6.45, 7) is 5.94. The van der Waals surface area contributed by atoms with Crippen molar-refractivity contribution in [1.29, 1.82) is 0 Å². The lowest BCUT2D eigenvalue weighted by atomic mass is 10.1. The molecular formula is C59H75N3O6. The Balaban J connectivity index is 0.939.